The summed E-state index contributed by atoms with van der Waals surface area (Å²) in [5.41, 5.74) is -0.143. The minimum absolute atomic E-state index is 0.133. The van der Waals surface area contributed by atoms with Crippen LogP contribution in [0.15, 0.2) is 18.5 Å². The second kappa shape index (κ2) is 6.17. The molecule has 0 radical (unpaired) electrons. The third kappa shape index (κ3) is 5.37. The lowest BCUT2D eigenvalue weighted by Crippen LogP contribution is -2.41. The summed E-state index contributed by atoms with van der Waals surface area (Å²) in [4.78, 5) is 26.9. The summed E-state index contributed by atoms with van der Waals surface area (Å²) in [6.07, 6.45) is 2.80. The van der Waals surface area contributed by atoms with Crippen LogP contribution in [0.2, 0.25) is 0 Å². The summed E-state index contributed by atoms with van der Waals surface area (Å²) in [6.45, 7) is 5.87. The van der Waals surface area contributed by atoms with Gasteiger partial charge in [-0.15, -0.1) is 0 Å². The van der Waals surface area contributed by atoms with Crippen LogP contribution in [0.25, 0.3) is 0 Å². The van der Waals surface area contributed by atoms with Crippen molar-refractivity contribution in [3.63, 3.8) is 0 Å². The number of amides is 2. The van der Waals surface area contributed by atoms with Gasteiger partial charge < -0.3 is 15.7 Å². The summed E-state index contributed by atoms with van der Waals surface area (Å²) in [5, 5.41) is 14.8. The number of carbonyl (C=O) groups excluding carboxylic acids is 2. The van der Waals surface area contributed by atoms with E-state index in [2.05, 4.69) is 15.6 Å². The van der Waals surface area contributed by atoms with Crippen molar-refractivity contribution in [2.45, 2.75) is 32.7 Å². The highest BCUT2D eigenvalue weighted by atomic mass is 16.3. The second-order valence-electron chi connectivity index (χ2n) is 5.20. The molecule has 6 nitrogen and oxygen atoms in total. The van der Waals surface area contributed by atoms with Crippen LogP contribution in [0.4, 0.5) is 0 Å². The van der Waals surface area contributed by atoms with Crippen LogP contribution in [0.3, 0.4) is 0 Å². The number of aromatic nitrogens is 1. The van der Waals surface area contributed by atoms with Crippen LogP contribution < -0.4 is 10.6 Å². The number of hydrogen-bond donors (Lipinski definition) is 3. The van der Waals surface area contributed by atoms with Crippen LogP contribution in [0.5, 0.6) is 5.75 Å². The molecule has 0 aromatic carbocycles. The molecule has 0 saturated heterocycles. The van der Waals surface area contributed by atoms with E-state index in [0.717, 1.165) is 0 Å². The average Bonchev–Trinajstić information content (AvgIpc) is 2.26. The predicted molar refractivity (Wildman–Crippen MR) is 70.7 cm³/mol. The van der Waals surface area contributed by atoms with Crippen molar-refractivity contribution in [3.8, 4) is 5.75 Å². The fraction of sp³-hybridized carbons (Fsp3) is 0.462. The molecule has 104 valence electrons. The Bertz CT molecular complexity index is 466. The van der Waals surface area contributed by atoms with Crippen LogP contribution in [-0.4, -0.2) is 34.0 Å². The molecule has 0 bridgehead atoms. The Balaban J connectivity index is 2.40. The van der Waals surface area contributed by atoms with Gasteiger partial charge in [0.1, 0.15) is 5.75 Å². The van der Waals surface area contributed by atoms with Gasteiger partial charge >= 0.3 is 0 Å². The summed E-state index contributed by atoms with van der Waals surface area (Å²) >= 11 is 0. The summed E-state index contributed by atoms with van der Waals surface area (Å²) in [5.74, 6) is -0.741. The Kier molecular flexibility index (Phi) is 4.86. The fourth-order valence-electron chi connectivity index (χ4n) is 1.44. The van der Waals surface area contributed by atoms with Crippen molar-refractivity contribution >= 4 is 11.8 Å². The number of nitrogens with one attached hydrogen (secondary N) is 2. The van der Waals surface area contributed by atoms with E-state index in [9.17, 15) is 14.7 Å². The van der Waals surface area contributed by atoms with E-state index in [1.165, 1.54) is 18.5 Å². The summed E-state index contributed by atoms with van der Waals surface area (Å²) in [6, 6.07) is 1.42. The Hall–Kier alpha value is -2.11. The van der Waals surface area contributed by atoms with Gasteiger partial charge in [0, 0.05) is 24.7 Å². The van der Waals surface area contributed by atoms with E-state index in [4.69, 9.17) is 0 Å². The highest BCUT2D eigenvalue weighted by molar-refractivity contribution is 5.96. The molecule has 3 N–H and O–H groups in total. The first-order valence-corrected chi connectivity index (χ1v) is 6.02. The molecule has 0 spiro atoms. The molecule has 1 rings (SSSR count). The Morgan fingerprint density at radius 1 is 1.37 bits per heavy atom. The molecule has 6 heteroatoms. The van der Waals surface area contributed by atoms with Crippen molar-refractivity contribution in [2.24, 2.45) is 0 Å². The Morgan fingerprint density at radius 2 is 2.05 bits per heavy atom. The number of pyridine rings is 1. The van der Waals surface area contributed by atoms with E-state index < -0.39 is 5.91 Å². The summed E-state index contributed by atoms with van der Waals surface area (Å²) in [7, 11) is 0. The molecule has 2 amide bonds. The van der Waals surface area contributed by atoms with Gasteiger partial charge in [-0.25, -0.2) is 0 Å². The van der Waals surface area contributed by atoms with Crippen LogP contribution in [-0.2, 0) is 4.79 Å². The zero-order chi connectivity index (χ0) is 14.5. The quantitative estimate of drug-likeness (QED) is 0.751. The van der Waals surface area contributed by atoms with Crippen LogP contribution >= 0.6 is 0 Å². The number of carbonyl (C=O) groups is 2. The maximum Gasteiger partial charge on any atom is 0.255 e. The molecule has 0 saturated carbocycles. The van der Waals surface area contributed by atoms with Crippen molar-refractivity contribution in [3.05, 3.63) is 24.0 Å². The number of hydrogen-bond acceptors (Lipinski definition) is 4. The van der Waals surface area contributed by atoms with E-state index in [1.54, 1.807) is 0 Å². The largest absolute Gasteiger partial charge is 0.505 e. The van der Waals surface area contributed by atoms with Crippen LogP contribution in [0.1, 0.15) is 37.6 Å². The number of nitrogens with zero attached hydrogens (tertiary/aromatic N) is 1. The molecule has 1 aromatic rings. The Morgan fingerprint density at radius 3 is 2.63 bits per heavy atom. The lowest BCUT2D eigenvalue weighted by atomic mass is 10.1. The van der Waals surface area contributed by atoms with Gasteiger partial charge in [0.05, 0.1) is 11.8 Å². The molecule has 0 aliphatic heterocycles. The van der Waals surface area contributed by atoms with Crippen molar-refractivity contribution in [1.29, 1.82) is 0 Å². The minimum Gasteiger partial charge on any atom is -0.505 e. The maximum absolute atomic E-state index is 11.7. The lowest BCUT2D eigenvalue weighted by molar-refractivity contribution is -0.122. The van der Waals surface area contributed by atoms with Crippen molar-refractivity contribution < 1.29 is 14.7 Å². The van der Waals surface area contributed by atoms with Gasteiger partial charge in [-0.2, -0.15) is 0 Å². The highest BCUT2D eigenvalue weighted by Crippen LogP contribution is 2.13. The Labute approximate surface area is 112 Å². The SMILES string of the molecule is CC(C)(C)NC(=O)CCNC(=O)c1ccncc1O. The first-order valence-electron chi connectivity index (χ1n) is 6.02. The van der Waals surface area contributed by atoms with E-state index in [1.807, 2.05) is 20.8 Å². The minimum atomic E-state index is -0.427. The molecule has 0 fully saturated rings. The molecule has 1 heterocycles. The van der Waals surface area contributed by atoms with Gasteiger partial charge in [-0.05, 0) is 26.8 Å². The summed E-state index contributed by atoms with van der Waals surface area (Å²) < 4.78 is 0. The van der Waals surface area contributed by atoms with E-state index in [-0.39, 0.29) is 35.7 Å². The zero-order valence-corrected chi connectivity index (χ0v) is 11.4. The predicted octanol–water partition coefficient (Wildman–Crippen LogP) is 0.822. The molecular weight excluding hydrogens is 246 g/mol. The first kappa shape index (κ1) is 14.9. The monoisotopic (exact) mass is 265 g/mol. The lowest BCUT2D eigenvalue weighted by Gasteiger charge is -2.20. The van der Waals surface area contributed by atoms with Crippen molar-refractivity contribution in [2.75, 3.05) is 6.54 Å². The molecule has 19 heavy (non-hydrogen) atoms. The number of aromatic hydroxyl groups is 1. The van der Waals surface area contributed by atoms with Gasteiger partial charge in [0.2, 0.25) is 5.91 Å². The van der Waals surface area contributed by atoms with Gasteiger partial charge in [0.15, 0.2) is 0 Å². The van der Waals surface area contributed by atoms with Crippen molar-refractivity contribution in [1.82, 2.24) is 15.6 Å². The molecule has 0 aliphatic rings. The van der Waals surface area contributed by atoms with E-state index in [0.29, 0.717) is 0 Å². The van der Waals surface area contributed by atoms with Gasteiger partial charge in [-0.3, -0.25) is 14.6 Å². The normalized spacial score (nSPS) is 10.9. The molecule has 0 aliphatic carbocycles. The van der Waals surface area contributed by atoms with Gasteiger partial charge in [0.25, 0.3) is 5.91 Å². The fourth-order valence-corrected chi connectivity index (χ4v) is 1.44. The third-order valence-corrected chi connectivity index (χ3v) is 2.20. The van der Waals surface area contributed by atoms with E-state index >= 15 is 0 Å². The smallest absolute Gasteiger partial charge is 0.255 e. The number of rotatable bonds is 4. The topological polar surface area (TPSA) is 91.3 Å². The maximum atomic E-state index is 11.7. The average molecular weight is 265 g/mol. The van der Waals surface area contributed by atoms with Crippen LogP contribution in [0, 0.1) is 0 Å². The third-order valence-electron chi connectivity index (χ3n) is 2.20. The first-order chi connectivity index (χ1) is 8.79. The second-order valence-corrected chi connectivity index (χ2v) is 5.20. The molecular formula is C13H19N3O3. The standard InChI is InChI=1S/C13H19N3O3/c1-13(2,3)16-11(18)5-7-15-12(19)9-4-6-14-8-10(9)17/h4,6,8,17H,5,7H2,1-3H3,(H,15,19)(H,16,18). The van der Waals surface area contributed by atoms with Gasteiger partial charge in [-0.1, -0.05) is 0 Å². The molecule has 0 unspecified atom stereocenters. The zero-order valence-electron chi connectivity index (χ0n) is 11.4. The molecule has 0 atom stereocenters. The molecule has 1 aromatic heterocycles. The highest BCUT2D eigenvalue weighted by Gasteiger charge is 2.14.